The molecule has 0 aliphatic heterocycles. The molecule has 0 saturated heterocycles. The van der Waals surface area contributed by atoms with E-state index in [1.165, 1.54) is 36.4 Å². The molecule has 2 nitrogen and oxygen atoms in total. The first kappa shape index (κ1) is 24.9. The smallest absolute Gasteiger partial charge is 0.171 e. The second-order valence-corrected chi connectivity index (χ2v) is 8.32. The first-order valence-electron chi connectivity index (χ1n) is 11.3. The molecule has 0 aromatic heterocycles. The van der Waals surface area contributed by atoms with E-state index in [-0.39, 0.29) is 34.6 Å². The van der Waals surface area contributed by atoms with Crippen LogP contribution in [0.25, 0.3) is 11.1 Å². The summed E-state index contributed by atoms with van der Waals surface area (Å²) in [5.41, 5.74) is -0.932. The molecule has 0 N–H and O–H groups in total. The highest BCUT2D eigenvalue weighted by Gasteiger charge is 2.40. The second-order valence-electron chi connectivity index (χ2n) is 8.32. The zero-order chi connectivity index (χ0) is 25.3. The van der Waals surface area contributed by atoms with Crippen molar-refractivity contribution >= 4 is 0 Å². The number of allylic oxidation sites excluding steroid dienone is 4. The van der Waals surface area contributed by atoms with Crippen LogP contribution in [-0.4, -0.2) is 25.6 Å². The Labute approximate surface area is 199 Å². The van der Waals surface area contributed by atoms with Gasteiger partial charge >= 0.3 is 0 Å². The van der Waals surface area contributed by atoms with E-state index in [4.69, 9.17) is 9.47 Å². The average Bonchev–Trinajstić information content (AvgIpc) is 2.84. The molecule has 4 atom stereocenters. The molecule has 0 amide bonds. The quantitative estimate of drug-likeness (QED) is 0.274. The van der Waals surface area contributed by atoms with Crippen LogP contribution in [0.5, 0.6) is 11.5 Å². The summed E-state index contributed by atoms with van der Waals surface area (Å²) in [7, 11) is 0. The van der Waals surface area contributed by atoms with Gasteiger partial charge in [-0.25, -0.2) is 26.3 Å². The molecule has 186 valence electrons. The molecular formula is C27H24F6O2. The van der Waals surface area contributed by atoms with Crippen LogP contribution in [0.2, 0.25) is 0 Å². The fourth-order valence-electron chi connectivity index (χ4n) is 4.38. The lowest BCUT2D eigenvalue weighted by Gasteiger charge is -2.28. The van der Waals surface area contributed by atoms with E-state index >= 15 is 8.78 Å². The third kappa shape index (κ3) is 4.46. The molecule has 4 unspecified atom stereocenters. The van der Waals surface area contributed by atoms with Gasteiger partial charge in [0.1, 0.15) is 6.61 Å². The van der Waals surface area contributed by atoms with Gasteiger partial charge < -0.3 is 9.47 Å². The maximum absolute atomic E-state index is 15.2. The van der Waals surface area contributed by atoms with Crippen molar-refractivity contribution in [1.82, 2.24) is 0 Å². The molecule has 0 fully saturated rings. The van der Waals surface area contributed by atoms with E-state index in [1.54, 1.807) is 13.0 Å². The molecule has 0 saturated carbocycles. The Morgan fingerprint density at radius 2 is 1.29 bits per heavy atom. The molecular weight excluding hydrogens is 470 g/mol. The summed E-state index contributed by atoms with van der Waals surface area (Å²) in [5.74, 6) is -2.88. The second kappa shape index (κ2) is 10.2. The Hall–Kier alpha value is -3.16. The van der Waals surface area contributed by atoms with Gasteiger partial charge in [0, 0.05) is 16.7 Å². The minimum atomic E-state index is -2.50. The zero-order valence-corrected chi connectivity index (χ0v) is 19.0. The summed E-state index contributed by atoms with van der Waals surface area (Å²) in [6, 6.07) is 5.08. The predicted molar refractivity (Wildman–Crippen MR) is 122 cm³/mol. The van der Waals surface area contributed by atoms with Crippen LogP contribution in [0.15, 0.2) is 60.2 Å². The molecule has 4 rings (SSSR count). The van der Waals surface area contributed by atoms with Gasteiger partial charge in [-0.3, -0.25) is 0 Å². The van der Waals surface area contributed by atoms with Gasteiger partial charge in [-0.1, -0.05) is 30.4 Å². The van der Waals surface area contributed by atoms with Gasteiger partial charge in [-0.2, -0.15) is 0 Å². The molecule has 2 aliphatic carbocycles. The lowest BCUT2D eigenvalue weighted by Crippen LogP contribution is -2.27. The Balaban J connectivity index is 1.62. The Bertz CT molecular complexity index is 1190. The minimum absolute atomic E-state index is 0.00377. The van der Waals surface area contributed by atoms with Gasteiger partial charge in [0.2, 0.25) is 0 Å². The number of fused-ring (bicyclic) bond motifs is 3. The van der Waals surface area contributed by atoms with Crippen LogP contribution in [0.4, 0.5) is 26.3 Å². The molecule has 0 bridgehead atoms. The van der Waals surface area contributed by atoms with Crippen molar-refractivity contribution in [3.05, 3.63) is 83.0 Å². The molecule has 2 aromatic carbocycles. The maximum Gasteiger partial charge on any atom is 0.171 e. The van der Waals surface area contributed by atoms with Crippen LogP contribution in [0, 0.1) is 11.6 Å². The highest BCUT2D eigenvalue weighted by molar-refractivity contribution is 5.76. The number of hydrogen-bond acceptors (Lipinski definition) is 2. The lowest BCUT2D eigenvalue weighted by molar-refractivity contribution is 0.157. The first-order chi connectivity index (χ1) is 16.8. The predicted octanol–water partition coefficient (Wildman–Crippen LogP) is 7.95. The van der Waals surface area contributed by atoms with Crippen molar-refractivity contribution in [3.63, 3.8) is 0 Å². The van der Waals surface area contributed by atoms with Gasteiger partial charge in [0.15, 0.2) is 47.8 Å². The van der Waals surface area contributed by atoms with Crippen LogP contribution in [-0.2, 0) is 0 Å². The number of alkyl halides is 4. The Morgan fingerprint density at radius 3 is 1.83 bits per heavy atom. The number of halogens is 6. The number of ether oxygens (including phenoxy) is 2. The topological polar surface area (TPSA) is 18.5 Å². The SMILES string of the molecule is C=CCCC1=CC=C(COc2ccc3c(c2F)C(F)C(F)c2c-3ccc(OCC)c2F)C(F)C1F. The monoisotopic (exact) mass is 494 g/mol. The summed E-state index contributed by atoms with van der Waals surface area (Å²) >= 11 is 0. The minimum Gasteiger partial charge on any atom is -0.491 e. The molecule has 0 radical (unpaired) electrons. The summed E-state index contributed by atoms with van der Waals surface area (Å²) in [5, 5.41) is 0. The van der Waals surface area contributed by atoms with E-state index in [0.29, 0.717) is 12.8 Å². The van der Waals surface area contributed by atoms with Gasteiger partial charge in [-0.05, 0) is 48.6 Å². The van der Waals surface area contributed by atoms with Crippen molar-refractivity contribution in [3.8, 4) is 22.6 Å². The molecule has 8 heteroatoms. The lowest BCUT2D eigenvalue weighted by atomic mass is 9.82. The van der Waals surface area contributed by atoms with Crippen LogP contribution in [0.3, 0.4) is 0 Å². The Kier molecular flexibility index (Phi) is 7.28. The Morgan fingerprint density at radius 1 is 0.771 bits per heavy atom. The highest BCUT2D eigenvalue weighted by Crippen LogP contribution is 2.52. The fraction of sp³-hybridized carbons (Fsp3) is 0.333. The van der Waals surface area contributed by atoms with Crippen molar-refractivity contribution in [1.29, 1.82) is 0 Å². The molecule has 35 heavy (non-hydrogen) atoms. The maximum atomic E-state index is 15.2. The first-order valence-corrected chi connectivity index (χ1v) is 11.3. The van der Waals surface area contributed by atoms with E-state index in [9.17, 15) is 17.6 Å². The number of benzene rings is 2. The summed E-state index contributed by atoms with van der Waals surface area (Å²) in [6.45, 7) is 4.82. The van der Waals surface area contributed by atoms with Crippen molar-refractivity contribution in [2.24, 2.45) is 0 Å². The van der Waals surface area contributed by atoms with Crippen LogP contribution in [0.1, 0.15) is 43.2 Å². The van der Waals surface area contributed by atoms with Crippen LogP contribution >= 0.6 is 0 Å². The summed E-state index contributed by atoms with van der Waals surface area (Å²) < 4.78 is 99.4. The third-order valence-corrected chi connectivity index (χ3v) is 6.20. The fourth-order valence-corrected chi connectivity index (χ4v) is 4.38. The standard InChI is InChI=1S/C27H24F6O2/c1-3-5-6-14-7-8-15(23(29)22(14)28)13-35-19-12-10-17-16-9-11-18(34-4-2)24(30)20(16)26(32)27(33)21(17)25(19)31/h3,7-12,22-23,26-27H,1,4-6,13H2,2H3. The number of hydrogen-bond donors (Lipinski definition) is 0. The van der Waals surface area contributed by atoms with Crippen molar-refractivity contribution < 1.29 is 35.8 Å². The van der Waals surface area contributed by atoms with Gasteiger partial charge in [0.05, 0.1) is 6.61 Å². The molecule has 0 spiro atoms. The summed E-state index contributed by atoms with van der Waals surface area (Å²) in [6.07, 6.45) is -3.54. The normalized spacial score (nSPS) is 23.1. The van der Waals surface area contributed by atoms with E-state index < -0.39 is 59.8 Å². The molecule has 2 aromatic rings. The van der Waals surface area contributed by atoms with Gasteiger partial charge in [0.25, 0.3) is 0 Å². The van der Waals surface area contributed by atoms with Crippen molar-refractivity contribution in [2.75, 3.05) is 13.2 Å². The molecule has 0 heterocycles. The zero-order valence-electron chi connectivity index (χ0n) is 19.0. The van der Waals surface area contributed by atoms with E-state index in [1.807, 2.05) is 0 Å². The third-order valence-electron chi connectivity index (χ3n) is 6.20. The largest absolute Gasteiger partial charge is 0.491 e. The average molecular weight is 494 g/mol. The van der Waals surface area contributed by atoms with Crippen LogP contribution < -0.4 is 9.47 Å². The summed E-state index contributed by atoms with van der Waals surface area (Å²) in [4.78, 5) is 0. The highest BCUT2D eigenvalue weighted by atomic mass is 19.2. The van der Waals surface area contributed by atoms with E-state index in [0.717, 1.165) is 0 Å². The molecule has 2 aliphatic rings. The van der Waals surface area contributed by atoms with Gasteiger partial charge in [-0.15, -0.1) is 6.58 Å². The van der Waals surface area contributed by atoms with E-state index in [2.05, 4.69) is 6.58 Å². The van der Waals surface area contributed by atoms with Crippen molar-refractivity contribution in [2.45, 2.75) is 44.5 Å². The number of rotatable bonds is 8.